The molecule has 1 amide bonds. The van der Waals surface area contributed by atoms with Crippen molar-refractivity contribution in [2.24, 2.45) is 5.92 Å². The van der Waals surface area contributed by atoms with Crippen molar-refractivity contribution in [3.05, 3.63) is 24.3 Å². The number of nitrogens with two attached hydrogens (primary N) is 1. The van der Waals surface area contributed by atoms with Crippen LogP contribution in [0.2, 0.25) is 0 Å². The van der Waals surface area contributed by atoms with Gasteiger partial charge in [0.1, 0.15) is 22.6 Å². The van der Waals surface area contributed by atoms with Gasteiger partial charge in [0, 0.05) is 24.7 Å². The van der Waals surface area contributed by atoms with Crippen molar-refractivity contribution in [2.75, 3.05) is 29.5 Å². The molecule has 0 atom stereocenters. The second-order valence-electron chi connectivity index (χ2n) is 8.46. The quantitative estimate of drug-likeness (QED) is 0.376. The molecule has 4 aromatic rings. The Bertz CT molecular complexity index is 1340. The maximum atomic E-state index is 11.5. The number of amides is 1. The Labute approximate surface area is 188 Å². The number of imidazole rings is 1. The van der Waals surface area contributed by atoms with Crippen LogP contribution in [0.1, 0.15) is 25.7 Å². The third-order valence-corrected chi connectivity index (χ3v) is 7.01. The van der Waals surface area contributed by atoms with E-state index in [0.717, 1.165) is 70.0 Å². The monoisotopic (exact) mass is 448 g/mol. The van der Waals surface area contributed by atoms with E-state index in [9.17, 15) is 4.79 Å². The van der Waals surface area contributed by atoms with Gasteiger partial charge in [-0.1, -0.05) is 11.3 Å². The van der Waals surface area contributed by atoms with E-state index in [1.807, 2.05) is 18.2 Å². The van der Waals surface area contributed by atoms with E-state index in [4.69, 9.17) is 15.5 Å². The summed E-state index contributed by atoms with van der Waals surface area (Å²) in [5.74, 6) is 2.36. The molecule has 2 aromatic heterocycles. The fourth-order valence-electron chi connectivity index (χ4n) is 4.38. The Kier molecular flexibility index (Phi) is 4.64. The minimum Gasteiger partial charge on any atom is -0.491 e. The van der Waals surface area contributed by atoms with Crippen LogP contribution in [-0.2, 0) is 11.3 Å². The van der Waals surface area contributed by atoms with Crippen molar-refractivity contribution < 1.29 is 9.53 Å². The molecule has 0 unspecified atom stereocenters. The first-order valence-corrected chi connectivity index (χ1v) is 11.8. The maximum absolute atomic E-state index is 11.5. The fraction of sp³-hybridized carbons (Fsp3) is 0.348. The molecule has 8 nitrogen and oxygen atoms in total. The number of rotatable bonds is 6. The molecule has 2 aliphatic rings. The summed E-state index contributed by atoms with van der Waals surface area (Å²) in [6.45, 7) is 2.39. The summed E-state index contributed by atoms with van der Waals surface area (Å²) < 4.78 is 9.42. The summed E-state index contributed by atoms with van der Waals surface area (Å²) in [4.78, 5) is 20.9. The number of carbonyl (C=O) groups excluding carboxylic acids is 1. The number of nitrogens with one attached hydrogen (secondary N) is 2. The molecular formula is C23H24N6O2S. The molecule has 1 saturated carbocycles. The van der Waals surface area contributed by atoms with Crippen LogP contribution in [0.4, 0.5) is 16.5 Å². The minimum atomic E-state index is 0.555. The van der Waals surface area contributed by atoms with Gasteiger partial charge >= 0.3 is 0 Å². The minimum absolute atomic E-state index is 0.555. The van der Waals surface area contributed by atoms with Crippen molar-refractivity contribution in [2.45, 2.75) is 32.2 Å². The molecule has 4 N–H and O–H groups in total. The molecule has 0 radical (unpaired) electrons. The number of benzene rings is 2. The van der Waals surface area contributed by atoms with Gasteiger partial charge in [-0.05, 0) is 49.8 Å². The Morgan fingerprint density at radius 1 is 1.25 bits per heavy atom. The molecule has 3 heterocycles. The van der Waals surface area contributed by atoms with Crippen LogP contribution in [0.3, 0.4) is 0 Å². The van der Waals surface area contributed by atoms with Gasteiger partial charge in [0.25, 0.3) is 0 Å². The number of nitrogen functional groups attached to an aromatic ring is 1. The second kappa shape index (κ2) is 7.67. The van der Waals surface area contributed by atoms with Crippen LogP contribution in [0.5, 0.6) is 5.75 Å². The van der Waals surface area contributed by atoms with E-state index in [0.29, 0.717) is 29.8 Å². The molecule has 0 bridgehead atoms. The van der Waals surface area contributed by atoms with Gasteiger partial charge in [0.2, 0.25) is 6.41 Å². The first-order valence-electron chi connectivity index (χ1n) is 11.0. The van der Waals surface area contributed by atoms with E-state index >= 15 is 0 Å². The van der Waals surface area contributed by atoms with Crippen molar-refractivity contribution in [1.29, 1.82) is 0 Å². The summed E-state index contributed by atoms with van der Waals surface area (Å²) >= 11 is 1.47. The highest BCUT2D eigenvalue weighted by atomic mass is 32.1. The Hall–Kier alpha value is -3.33. The predicted molar refractivity (Wildman–Crippen MR) is 128 cm³/mol. The number of aromatic nitrogens is 3. The average Bonchev–Trinajstić information content (AvgIpc) is 3.41. The van der Waals surface area contributed by atoms with Crippen LogP contribution >= 0.6 is 11.3 Å². The molecule has 9 heteroatoms. The fourth-order valence-corrected chi connectivity index (χ4v) is 5.15. The van der Waals surface area contributed by atoms with Crippen molar-refractivity contribution in [3.8, 4) is 17.1 Å². The maximum Gasteiger partial charge on any atom is 0.211 e. The molecule has 0 saturated heterocycles. The van der Waals surface area contributed by atoms with E-state index < -0.39 is 0 Å². The topological polar surface area (TPSA) is 107 Å². The van der Waals surface area contributed by atoms with Crippen LogP contribution in [0.15, 0.2) is 24.3 Å². The third-order valence-electron chi connectivity index (χ3n) is 6.16. The summed E-state index contributed by atoms with van der Waals surface area (Å²) in [7, 11) is 0. The van der Waals surface area contributed by atoms with Crippen LogP contribution in [0.25, 0.3) is 32.6 Å². The predicted octanol–water partition coefficient (Wildman–Crippen LogP) is 4.46. The zero-order valence-corrected chi connectivity index (χ0v) is 18.4. The summed E-state index contributed by atoms with van der Waals surface area (Å²) in [6, 6.07) is 8.12. The number of hydrogen-bond donors (Lipinski definition) is 3. The molecule has 2 aromatic carbocycles. The van der Waals surface area contributed by atoms with E-state index in [2.05, 4.69) is 26.3 Å². The van der Waals surface area contributed by atoms with Gasteiger partial charge in [0.15, 0.2) is 5.13 Å². The number of ether oxygens (including phenoxy) is 1. The van der Waals surface area contributed by atoms with Crippen molar-refractivity contribution in [1.82, 2.24) is 14.5 Å². The molecule has 6 rings (SSSR count). The molecule has 0 spiro atoms. The largest absolute Gasteiger partial charge is 0.491 e. The summed E-state index contributed by atoms with van der Waals surface area (Å²) in [6.07, 6.45) is 5.18. The lowest BCUT2D eigenvalue weighted by Crippen LogP contribution is -2.11. The number of hydrogen-bond acceptors (Lipinski definition) is 7. The lowest BCUT2D eigenvalue weighted by molar-refractivity contribution is -0.105. The van der Waals surface area contributed by atoms with E-state index in [1.165, 1.54) is 24.2 Å². The van der Waals surface area contributed by atoms with E-state index in [-0.39, 0.29) is 0 Å². The SMILES string of the molecule is Nc1nc2ccc(-c3nc4c(NC=O)c(NCC5CC5)cc5c4n3CCCCO5)cc2s1. The number of carbonyl (C=O) groups is 1. The number of thiazole rings is 1. The highest BCUT2D eigenvalue weighted by Crippen LogP contribution is 2.42. The Morgan fingerprint density at radius 3 is 3.00 bits per heavy atom. The molecule has 1 aliphatic heterocycles. The van der Waals surface area contributed by atoms with Crippen molar-refractivity contribution >= 4 is 55.5 Å². The molecule has 32 heavy (non-hydrogen) atoms. The van der Waals surface area contributed by atoms with Crippen LogP contribution < -0.4 is 21.1 Å². The van der Waals surface area contributed by atoms with Gasteiger partial charge in [-0.2, -0.15) is 0 Å². The Balaban J connectivity index is 1.57. The van der Waals surface area contributed by atoms with Gasteiger partial charge in [-0.15, -0.1) is 0 Å². The number of nitrogens with zero attached hydrogens (tertiary/aromatic N) is 3. The number of anilines is 3. The van der Waals surface area contributed by atoms with Gasteiger partial charge < -0.3 is 25.7 Å². The highest BCUT2D eigenvalue weighted by molar-refractivity contribution is 7.22. The smallest absolute Gasteiger partial charge is 0.211 e. The normalized spacial score (nSPS) is 15.9. The Morgan fingerprint density at radius 2 is 2.16 bits per heavy atom. The molecule has 1 fully saturated rings. The van der Waals surface area contributed by atoms with Gasteiger partial charge in [0.05, 0.1) is 28.2 Å². The summed E-state index contributed by atoms with van der Waals surface area (Å²) in [5.41, 5.74) is 11.0. The standard InChI is InChI=1S/C23H24N6O2S/c24-23-27-15-6-5-14(9-18(15)32-23)22-28-20-19(26-12-30)16(25-11-13-3-4-13)10-17-21(20)29(22)7-1-2-8-31-17/h5-6,9-10,12-13,25H,1-4,7-8,11H2,(H2,24,27)(H,26,30). The van der Waals surface area contributed by atoms with E-state index in [1.54, 1.807) is 0 Å². The zero-order chi connectivity index (χ0) is 21.7. The van der Waals surface area contributed by atoms with Crippen LogP contribution in [-0.4, -0.2) is 34.1 Å². The lowest BCUT2D eigenvalue weighted by atomic mass is 10.1. The average molecular weight is 449 g/mol. The van der Waals surface area contributed by atoms with Crippen molar-refractivity contribution in [3.63, 3.8) is 0 Å². The third kappa shape index (κ3) is 3.33. The number of aryl methyl sites for hydroxylation is 1. The first-order chi connectivity index (χ1) is 15.7. The first kappa shape index (κ1) is 19.4. The summed E-state index contributed by atoms with van der Waals surface area (Å²) in [5, 5.41) is 6.97. The lowest BCUT2D eigenvalue weighted by Gasteiger charge is -2.19. The molecule has 1 aliphatic carbocycles. The molecule has 164 valence electrons. The number of fused-ring (bicyclic) bond motifs is 1. The van der Waals surface area contributed by atoms with Crippen LogP contribution in [0, 0.1) is 5.92 Å². The highest BCUT2D eigenvalue weighted by Gasteiger charge is 2.25. The second-order valence-corrected chi connectivity index (χ2v) is 9.52. The zero-order valence-electron chi connectivity index (χ0n) is 17.6. The van der Waals surface area contributed by atoms with Gasteiger partial charge in [-0.3, -0.25) is 4.79 Å². The van der Waals surface area contributed by atoms with Gasteiger partial charge in [-0.25, -0.2) is 9.97 Å². The molecular weight excluding hydrogens is 424 g/mol.